The highest BCUT2D eigenvalue weighted by atomic mass is 14.6. The van der Waals surface area contributed by atoms with E-state index < -0.39 is 0 Å². The van der Waals surface area contributed by atoms with Gasteiger partial charge in [-0.1, -0.05) is 18.2 Å². The molecule has 0 amide bonds. The highest BCUT2D eigenvalue weighted by Crippen LogP contribution is 2.63. The highest BCUT2D eigenvalue weighted by Gasteiger charge is 2.51. The van der Waals surface area contributed by atoms with Crippen LogP contribution in [0.15, 0.2) is 23.8 Å². The van der Waals surface area contributed by atoms with E-state index in [4.69, 9.17) is 0 Å². The van der Waals surface area contributed by atoms with Crippen molar-refractivity contribution in [3.63, 3.8) is 0 Å². The second kappa shape index (κ2) is 3.24. The maximum absolute atomic E-state index is 2.56. The predicted octanol–water partition coefficient (Wildman–Crippen LogP) is 4.48. The molecule has 0 aromatic heterocycles. The number of allylic oxidation sites excluding steroid dienone is 4. The van der Waals surface area contributed by atoms with Crippen molar-refractivity contribution in [1.82, 2.24) is 0 Å². The van der Waals surface area contributed by atoms with Crippen LogP contribution in [0.4, 0.5) is 0 Å². The Kier molecular flexibility index (Phi) is 1.93. The Balaban J connectivity index is 1.71. The molecule has 0 radical (unpaired) electrons. The van der Waals surface area contributed by atoms with Crippen LogP contribution < -0.4 is 0 Å². The van der Waals surface area contributed by atoms with Crippen molar-refractivity contribution in [2.75, 3.05) is 0 Å². The van der Waals surface area contributed by atoms with Gasteiger partial charge in [-0.05, 0) is 80.1 Å². The third-order valence-corrected chi connectivity index (χ3v) is 5.65. The monoisotopic (exact) mass is 214 g/mol. The molecule has 4 saturated carbocycles. The zero-order chi connectivity index (χ0) is 10.6. The van der Waals surface area contributed by atoms with Gasteiger partial charge in [0.15, 0.2) is 0 Å². The molecule has 0 aromatic rings. The van der Waals surface area contributed by atoms with Crippen molar-refractivity contribution < 1.29 is 0 Å². The van der Waals surface area contributed by atoms with Gasteiger partial charge in [0.2, 0.25) is 0 Å². The first-order chi connectivity index (χ1) is 7.84. The van der Waals surface area contributed by atoms with E-state index in [1.807, 2.05) is 0 Å². The van der Waals surface area contributed by atoms with Gasteiger partial charge in [0, 0.05) is 0 Å². The smallest absolute Gasteiger partial charge is 0.00423 e. The topological polar surface area (TPSA) is 0 Å². The summed E-state index contributed by atoms with van der Waals surface area (Å²) in [4.78, 5) is 0. The van der Waals surface area contributed by atoms with Gasteiger partial charge in [-0.25, -0.2) is 0 Å². The molecular weight excluding hydrogens is 192 g/mol. The lowest BCUT2D eigenvalue weighted by molar-refractivity contribution is -0.0288. The maximum atomic E-state index is 2.56. The molecule has 16 heavy (non-hydrogen) atoms. The van der Waals surface area contributed by atoms with Gasteiger partial charge in [0.1, 0.15) is 0 Å². The average Bonchev–Trinajstić information content (AvgIpc) is 2.28. The summed E-state index contributed by atoms with van der Waals surface area (Å²) in [5.74, 6) is 3.26. The molecule has 0 heteroatoms. The van der Waals surface area contributed by atoms with E-state index in [0.717, 1.165) is 17.8 Å². The Hall–Kier alpha value is -0.520. The molecule has 0 aliphatic heterocycles. The molecule has 0 nitrogen and oxygen atoms in total. The van der Waals surface area contributed by atoms with Crippen LogP contribution in [-0.4, -0.2) is 0 Å². The third kappa shape index (κ3) is 1.28. The van der Waals surface area contributed by atoms with Crippen LogP contribution in [0.5, 0.6) is 0 Å². The molecule has 0 atom stereocenters. The number of hydrogen-bond acceptors (Lipinski definition) is 0. The maximum Gasteiger partial charge on any atom is -0.00423 e. The SMILES string of the molecule is C1=CC(C23CC4CC(CC(C4)C2)C3)=CCC1. The fourth-order valence-corrected chi connectivity index (χ4v) is 5.47. The molecule has 5 rings (SSSR count). The summed E-state index contributed by atoms with van der Waals surface area (Å²) in [5, 5.41) is 0. The van der Waals surface area contributed by atoms with Crippen LogP contribution in [0.1, 0.15) is 51.4 Å². The lowest BCUT2D eigenvalue weighted by atomic mass is 9.47. The van der Waals surface area contributed by atoms with Crippen LogP contribution in [0.2, 0.25) is 0 Å². The molecule has 5 aliphatic carbocycles. The van der Waals surface area contributed by atoms with E-state index in [2.05, 4.69) is 18.2 Å². The first-order valence-electron chi connectivity index (χ1n) is 7.21. The lowest BCUT2D eigenvalue weighted by Crippen LogP contribution is -2.46. The van der Waals surface area contributed by atoms with Gasteiger partial charge in [0.05, 0.1) is 0 Å². The van der Waals surface area contributed by atoms with Crippen molar-refractivity contribution in [1.29, 1.82) is 0 Å². The summed E-state index contributed by atoms with van der Waals surface area (Å²) in [5.41, 5.74) is 2.38. The molecule has 4 fully saturated rings. The predicted molar refractivity (Wildman–Crippen MR) is 67.1 cm³/mol. The lowest BCUT2D eigenvalue weighted by Gasteiger charge is -2.57. The van der Waals surface area contributed by atoms with E-state index >= 15 is 0 Å². The van der Waals surface area contributed by atoms with E-state index in [-0.39, 0.29) is 0 Å². The average molecular weight is 214 g/mol. The second-order valence-corrected chi connectivity index (χ2v) is 6.84. The Bertz CT molecular complexity index is 323. The van der Waals surface area contributed by atoms with Crippen molar-refractivity contribution >= 4 is 0 Å². The third-order valence-electron chi connectivity index (χ3n) is 5.65. The minimum absolute atomic E-state index is 0.645. The van der Waals surface area contributed by atoms with Crippen LogP contribution >= 0.6 is 0 Å². The standard InChI is InChI=1S/C16H22/c1-2-4-15(5-3-1)16-9-12-6-13(10-16)8-14(7-12)11-16/h2,4-5,12-14H,1,3,6-11H2. The van der Waals surface area contributed by atoms with Gasteiger partial charge in [0.25, 0.3) is 0 Å². The van der Waals surface area contributed by atoms with Crippen LogP contribution in [-0.2, 0) is 0 Å². The Morgan fingerprint density at radius 3 is 2.00 bits per heavy atom. The Morgan fingerprint density at radius 2 is 1.50 bits per heavy atom. The van der Waals surface area contributed by atoms with Gasteiger partial charge < -0.3 is 0 Å². The quantitative estimate of drug-likeness (QED) is 0.603. The fourth-order valence-electron chi connectivity index (χ4n) is 5.47. The van der Waals surface area contributed by atoms with Crippen molar-refractivity contribution in [3.8, 4) is 0 Å². The zero-order valence-electron chi connectivity index (χ0n) is 10.1. The molecule has 0 saturated heterocycles. The molecule has 0 heterocycles. The summed E-state index contributed by atoms with van der Waals surface area (Å²) in [6.45, 7) is 0. The molecule has 4 bridgehead atoms. The molecular formula is C16H22. The highest BCUT2D eigenvalue weighted by molar-refractivity contribution is 5.32. The molecule has 0 spiro atoms. The Labute approximate surface area is 98.8 Å². The van der Waals surface area contributed by atoms with E-state index in [1.54, 1.807) is 24.8 Å². The van der Waals surface area contributed by atoms with Crippen LogP contribution in [0.25, 0.3) is 0 Å². The normalized spacial score (nSPS) is 49.5. The van der Waals surface area contributed by atoms with Gasteiger partial charge in [-0.15, -0.1) is 0 Å². The fraction of sp³-hybridized carbons (Fsp3) is 0.750. The summed E-state index contributed by atoms with van der Waals surface area (Å²) in [6.07, 6.45) is 19.3. The summed E-state index contributed by atoms with van der Waals surface area (Å²) < 4.78 is 0. The second-order valence-electron chi connectivity index (χ2n) is 6.84. The molecule has 0 N–H and O–H groups in total. The molecule has 5 aliphatic rings. The molecule has 86 valence electrons. The summed E-state index contributed by atoms with van der Waals surface area (Å²) >= 11 is 0. The van der Waals surface area contributed by atoms with E-state index in [1.165, 1.54) is 32.1 Å². The summed E-state index contributed by atoms with van der Waals surface area (Å²) in [6, 6.07) is 0. The molecule has 0 unspecified atom stereocenters. The Morgan fingerprint density at radius 1 is 0.875 bits per heavy atom. The minimum Gasteiger partial charge on any atom is -0.0839 e. The van der Waals surface area contributed by atoms with E-state index in [0.29, 0.717) is 5.41 Å². The number of rotatable bonds is 1. The van der Waals surface area contributed by atoms with Crippen LogP contribution in [0, 0.1) is 23.2 Å². The minimum atomic E-state index is 0.645. The first kappa shape index (κ1) is 9.50. The van der Waals surface area contributed by atoms with E-state index in [9.17, 15) is 0 Å². The summed E-state index contributed by atoms with van der Waals surface area (Å²) in [7, 11) is 0. The van der Waals surface area contributed by atoms with Crippen molar-refractivity contribution in [2.24, 2.45) is 23.2 Å². The molecule has 0 aromatic carbocycles. The first-order valence-corrected chi connectivity index (χ1v) is 7.21. The largest absolute Gasteiger partial charge is 0.0839 e. The van der Waals surface area contributed by atoms with Crippen molar-refractivity contribution in [2.45, 2.75) is 51.4 Å². The van der Waals surface area contributed by atoms with Crippen molar-refractivity contribution in [3.05, 3.63) is 23.8 Å². The van der Waals surface area contributed by atoms with Gasteiger partial charge in [-0.3, -0.25) is 0 Å². The van der Waals surface area contributed by atoms with Gasteiger partial charge in [-0.2, -0.15) is 0 Å². The number of hydrogen-bond donors (Lipinski definition) is 0. The zero-order valence-corrected chi connectivity index (χ0v) is 10.1. The van der Waals surface area contributed by atoms with Crippen LogP contribution in [0.3, 0.4) is 0 Å². The van der Waals surface area contributed by atoms with Gasteiger partial charge >= 0.3 is 0 Å².